The van der Waals surface area contributed by atoms with Crippen LogP contribution in [-0.2, 0) is 10.0 Å². The number of benzene rings is 1. The Morgan fingerprint density at radius 2 is 1.81 bits per heavy atom. The number of carboxylic acids is 1. The quantitative estimate of drug-likeness (QED) is 0.900. The summed E-state index contributed by atoms with van der Waals surface area (Å²) >= 11 is 11.7. The number of carbonyl (C=O) groups is 1. The fourth-order valence-corrected chi connectivity index (χ4v) is 4.14. The van der Waals surface area contributed by atoms with E-state index in [1.54, 1.807) is 0 Å². The van der Waals surface area contributed by atoms with Gasteiger partial charge in [0.1, 0.15) is 4.90 Å². The molecular weight excluding hydrogens is 337 g/mol. The number of rotatable bonds is 4. The molecule has 0 bridgehead atoms. The van der Waals surface area contributed by atoms with E-state index in [0.717, 1.165) is 4.31 Å². The highest BCUT2D eigenvalue weighted by Gasteiger charge is 2.30. The molecule has 0 aliphatic carbocycles. The molecule has 0 aliphatic heterocycles. The van der Waals surface area contributed by atoms with Crippen LogP contribution in [0, 0.1) is 5.41 Å². The number of aromatic carboxylic acids is 1. The van der Waals surface area contributed by atoms with Crippen molar-refractivity contribution < 1.29 is 18.3 Å². The van der Waals surface area contributed by atoms with Gasteiger partial charge in [0, 0.05) is 13.6 Å². The average Bonchev–Trinajstić information content (AvgIpc) is 2.25. The molecule has 0 saturated heterocycles. The van der Waals surface area contributed by atoms with E-state index in [9.17, 15) is 13.2 Å². The van der Waals surface area contributed by atoms with Gasteiger partial charge in [0.2, 0.25) is 10.0 Å². The monoisotopic (exact) mass is 353 g/mol. The van der Waals surface area contributed by atoms with E-state index in [1.165, 1.54) is 19.2 Å². The molecule has 21 heavy (non-hydrogen) atoms. The summed E-state index contributed by atoms with van der Waals surface area (Å²) in [7, 11) is -2.47. The lowest BCUT2D eigenvalue weighted by atomic mass is 9.97. The molecule has 1 N–H and O–H groups in total. The second-order valence-electron chi connectivity index (χ2n) is 5.86. The first-order chi connectivity index (χ1) is 9.38. The SMILES string of the molecule is CN(CC(C)(C)C)S(=O)(=O)c1ccc(Cl)c(C(=O)O)c1Cl. The third-order valence-corrected chi connectivity index (χ3v) is 5.32. The number of hydrogen-bond acceptors (Lipinski definition) is 3. The number of halogens is 2. The lowest BCUT2D eigenvalue weighted by Gasteiger charge is -2.26. The second kappa shape index (κ2) is 6.12. The largest absolute Gasteiger partial charge is 0.478 e. The zero-order chi connectivity index (χ0) is 16.6. The Morgan fingerprint density at radius 1 is 1.29 bits per heavy atom. The summed E-state index contributed by atoms with van der Waals surface area (Å²) in [4.78, 5) is 10.9. The van der Waals surface area contributed by atoms with Gasteiger partial charge in [-0.3, -0.25) is 0 Å². The molecule has 0 fully saturated rings. The van der Waals surface area contributed by atoms with E-state index in [4.69, 9.17) is 28.3 Å². The van der Waals surface area contributed by atoms with Crippen molar-refractivity contribution >= 4 is 39.2 Å². The maximum Gasteiger partial charge on any atom is 0.338 e. The highest BCUT2D eigenvalue weighted by molar-refractivity contribution is 7.89. The van der Waals surface area contributed by atoms with Gasteiger partial charge in [0.25, 0.3) is 0 Å². The molecule has 118 valence electrons. The summed E-state index contributed by atoms with van der Waals surface area (Å²) in [6.07, 6.45) is 0. The molecule has 5 nitrogen and oxygen atoms in total. The van der Waals surface area contributed by atoms with Gasteiger partial charge in [-0.1, -0.05) is 44.0 Å². The normalized spacial score (nSPS) is 12.7. The molecule has 1 aromatic carbocycles. The molecule has 0 aliphatic rings. The van der Waals surface area contributed by atoms with Gasteiger partial charge >= 0.3 is 5.97 Å². The van der Waals surface area contributed by atoms with E-state index in [2.05, 4.69) is 0 Å². The van der Waals surface area contributed by atoms with Gasteiger partial charge in [-0.25, -0.2) is 17.5 Å². The Hall–Kier alpha value is -0.820. The van der Waals surface area contributed by atoms with Crippen LogP contribution in [0.5, 0.6) is 0 Å². The van der Waals surface area contributed by atoms with Crippen LogP contribution >= 0.6 is 23.2 Å². The molecule has 0 atom stereocenters. The van der Waals surface area contributed by atoms with Crippen LogP contribution in [0.15, 0.2) is 17.0 Å². The molecule has 8 heteroatoms. The summed E-state index contributed by atoms with van der Waals surface area (Å²) in [6, 6.07) is 2.43. The first-order valence-corrected chi connectivity index (χ1v) is 8.25. The van der Waals surface area contributed by atoms with E-state index in [1.807, 2.05) is 20.8 Å². The standard InChI is InChI=1S/C13H17Cl2NO4S/c1-13(2,3)7-16(4)21(19,20)9-6-5-8(14)10(11(9)15)12(17)18/h5-6H,7H2,1-4H3,(H,17,18). The topological polar surface area (TPSA) is 74.7 Å². The highest BCUT2D eigenvalue weighted by atomic mass is 35.5. The van der Waals surface area contributed by atoms with Crippen LogP contribution in [0.4, 0.5) is 0 Å². The van der Waals surface area contributed by atoms with E-state index >= 15 is 0 Å². The van der Waals surface area contributed by atoms with Crippen LogP contribution in [0.1, 0.15) is 31.1 Å². The summed E-state index contributed by atoms with van der Waals surface area (Å²) in [5.41, 5.74) is -0.667. The predicted octanol–water partition coefficient (Wildman–Crippen LogP) is 3.36. The third kappa shape index (κ3) is 4.10. The van der Waals surface area contributed by atoms with Crippen LogP contribution < -0.4 is 0 Å². The van der Waals surface area contributed by atoms with Gasteiger partial charge in [-0.05, 0) is 17.5 Å². The first-order valence-electron chi connectivity index (χ1n) is 6.05. The van der Waals surface area contributed by atoms with Crippen molar-refractivity contribution in [1.82, 2.24) is 4.31 Å². The highest BCUT2D eigenvalue weighted by Crippen LogP contribution is 2.33. The fraction of sp³-hybridized carbons (Fsp3) is 0.462. The summed E-state index contributed by atoms with van der Waals surface area (Å²) in [5.74, 6) is -1.37. The van der Waals surface area contributed by atoms with Crippen molar-refractivity contribution in [3.8, 4) is 0 Å². The maximum atomic E-state index is 12.5. The van der Waals surface area contributed by atoms with Gasteiger partial charge < -0.3 is 5.11 Å². The van der Waals surface area contributed by atoms with Gasteiger partial charge in [-0.2, -0.15) is 0 Å². The van der Waals surface area contributed by atoms with Crippen LogP contribution in [-0.4, -0.2) is 37.4 Å². The number of hydrogen-bond donors (Lipinski definition) is 1. The van der Waals surface area contributed by atoms with Gasteiger partial charge in [0.05, 0.1) is 15.6 Å². The number of nitrogens with zero attached hydrogens (tertiary/aromatic N) is 1. The minimum absolute atomic E-state index is 0.107. The van der Waals surface area contributed by atoms with Crippen molar-refractivity contribution in [2.75, 3.05) is 13.6 Å². The third-order valence-electron chi connectivity index (χ3n) is 2.65. The van der Waals surface area contributed by atoms with Crippen molar-refractivity contribution in [1.29, 1.82) is 0 Å². The smallest absolute Gasteiger partial charge is 0.338 e. The van der Waals surface area contributed by atoms with Crippen LogP contribution in [0.25, 0.3) is 0 Å². The molecule has 0 saturated carbocycles. The Morgan fingerprint density at radius 3 is 2.24 bits per heavy atom. The number of carboxylic acid groups (broad SMARTS) is 1. The Kier molecular flexibility index (Phi) is 5.31. The van der Waals surface area contributed by atoms with Gasteiger partial charge in [-0.15, -0.1) is 0 Å². The zero-order valence-electron chi connectivity index (χ0n) is 12.1. The lowest BCUT2D eigenvalue weighted by molar-refractivity contribution is 0.0697. The molecule has 0 amide bonds. The van der Waals surface area contributed by atoms with E-state index in [-0.39, 0.29) is 26.9 Å². The molecule has 0 unspecified atom stereocenters. The molecule has 0 aromatic heterocycles. The van der Waals surface area contributed by atoms with Crippen LogP contribution in [0.2, 0.25) is 10.0 Å². The van der Waals surface area contributed by atoms with E-state index in [0.29, 0.717) is 0 Å². The second-order valence-corrected chi connectivity index (χ2v) is 8.66. The summed E-state index contributed by atoms with van der Waals surface area (Å²) in [5, 5.41) is 8.60. The van der Waals surface area contributed by atoms with E-state index < -0.39 is 21.6 Å². The molecule has 0 radical (unpaired) electrons. The summed E-state index contributed by atoms with van der Waals surface area (Å²) < 4.78 is 26.2. The Labute approximate surface area is 134 Å². The Balaban J connectivity index is 3.40. The molecular formula is C13H17Cl2NO4S. The van der Waals surface area contributed by atoms with Crippen molar-refractivity contribution in [3.63, 3.8) is 0 Å². The molecule has 1 aromatic rings. The molecule has 0 spiro atoms. The minimum Gasteiger partial charge on any atom is -0.478 e. The minimum atomic E-state index is -3.90. The van der Waals surface area contributed by atoms with Crippen molar-refractivity contribution in [3.05, 3.63) is 27.7 Å². The van der Waals surface area contributed by atoms with Crippen LogP contribution in [0.3, 0.4) is 0 Å². The molecule has 1 rings (SSSR count). The maximum absolute atomic E-state index is 12.5. The fourth-order valence-electron chi connectivity index (χ4n) is 1.85. The van der Waals surface area contributed by atoms with Gasteiger partial charge in [0.15, 0.2) is 0 Å². The van der Waals surface area contributed by atoms with Crippen molar-refractivity contribution in [2.24, 2.45) is 5.41 Å². The van der Waals surface area contributed by atoms with Crippen molar-refractivity contribution in [2.45, 2.75) is 25.7 Å². The predicted molar refractivity (Wildman–Crippen MR) is 82.7 cm³/mol. The molecule has 0 heterocycles. The summed E-state index contributed by atoms with van der Waals surface area (Å²) in [6.45, 7) is 5.94. The lowest BCUT2D eigenvalue weighted by Crippen LogP contribution is -2.34. The Bertz CT molecular complexity index is 665. The average molecular weight is 354 g/mol. The zero-order valence-corrected chi connectivity index (χ0v) is 14.5. The number of sulfonamides is 1. The first kappa shape index (κ1) is 18.2.